The second-order valence-electron chi connectivity index (χ2n) is 7.29. The van der Waals surface area contributed by atoms with Crippen LogP contribution in [0, 0.1) is 11.8 Å². The fraction of sp³-hybridized carbons (Fsp3) is 0.750. The Labute approximate surface area is 122 Å². The molecule has 0 aliphatic carbocycles. The zero-order valence-electron chi connectivity index (χ0n) is 13.5. The van der Waals surface area contributed by atoms with Crippen LogP contribution in [0.4, 0.5) is 11.6 Å². The molecule has 1 aromatic heterocycles. The molecule has 1 aromatic rings. The molecule has 0 saturated carbocycles. The van der Waals surface area contributed by atoms with Crippen molar-refractivity contribution in [3.8, 4) is 0 Å². The summed E-state index contributed by atoms with van der Waals surface area (Å²) in [5.74, 6) is 2.45. The van der Waals surface area contributed by atoms with Crippen molar-refractivity contribution in [1.29, 1.82) is 0 Å². The van der Waals surface area contributed by atoms with Crippen molar-refractivity contribution in [1.82, 2.24) is 9.97 Å². The molecule has 1 aliphatic heterocycles. The average molecular weight is 276 g/mol. The van der Waals surface area contributed by atoms with Crippen LogP contribution in [0.1, 0.15) is 53.2 Å². The molecule has 20 heavy (non-hydrogen) atoms. The number of piperidine rings is 1. The smallest absolute Gasteiger partial charge is 0.225 e. The molecule has 2 heterocycles. The van der Waals surface area contributed by atoms with Gasteiger partial charge in [0.2, 0.25) is 5.95 Å². The molecule has 2 rings (SSSR count). The highest BCUT2D eigenvalue weighted by molar-refractivity contribution is 5.48. The van der Waals surface area contributed by atoms with Gasteiger partial charge in [-0.05, 0) is 24.7 Å². The Kier molecular flexibility index (Phi) is 4.21. The summed E-state index contributed by atoms with van der Waals surface area (Å²) in [6, 6.07) is 0. The molecule has 0 atom stereocenters. The summed E-state index contributed by atoms with van der Waals surface area (Å²) >= 11 is 0. The van der Waals surface area contributed by atoms with E-state index < -0.39 is 0 Å². The molecule has 4 nitrogen and oxygen atoms in total. The summed E-state index contributed by atoms with van der Waals surface area (Å²) in [4.78, 5) is 11.5. The van der Waals surface area contributed by atoms with Gasteiger partial charge in [0.05, 0.1) is 17.6 Å². The summed E-state index contributed by atoms with van der Waals surface area (Å²) in [6.45, 7) is 13.2. The summed E-state index contributed by atoms with van der Waals surface area (Å²) in [6.07, 6.45) is 4.23. The topological polar surface area (TPSA) is 55.0 Å². The Morgan fingerprint density at radius 2 is 1.85 bits per heavy atom. The van der Waals surface area contributed by atoms with E-state index in [2.05, 4.69) is 44.5 Å². The van der Waals surface area contributed by atoms with Gasteiger partial charge in [-0.25, -0.2) is 9.97 Å². The molecule has 4 heteroatoms. The molecule has 2 N–H and O–H groups in total. The van der Waals surface area contributed by atoms with Crippen LogP contribution in [0.5, 0.6) is 0 Å². The molecule has 0 aromatic carbocycles. The van der Waals surface area contributed by atoms with Crippen LogP contribution in [0.2, 0.25) is 0 Å². The maximum Gasteiger partial charge on any atom is 0.225 e. The maximum atomic E-state index is 6.02. The van der Waals surface area contributed by atoms with E-state index in [4.69, 9.17) is 10.7 Å². The standard InChI is InChI=1S/C16H28N4/c1-11(2)12-6-8-20(9-7-12)15-18-10-13(17)14(19-15)16(3,4)5/h10-12H,6-9,17H2,1-5H3. The van der Waals surface area contributed by atoms with Crippen LogP contribution in [0.25, 0.3) is 0 Å². The number of rotatable bonds is 2. The summed E-state index contributed by atoms with van der Waals surface area (Å²) in [7, 11) is 0. The van der Waals surface area contributed by atoms with Gasteiger partial charge in [0.25, 0.3) is 0 Å². The van der Waals surface area contributed by atoms with Gasteiger partial charge in [-0.1, -0.05) is 34.6 Å². The van der Waals surface area contributed by atoms with Crippen LogP contribution < -0.4 is 10.6 Å². The van der Waals surface area contributed by atoms with Crippen molar-refractivity contribution in [2.75, 3.05) is 23.7 Å². The summed E-state index contributed by atoms with van der Waals surface area (Å²) < 4.78 is 0. The molecule has 1 saturated heterocycles. The maximum absolute atomic E-state index is 6.02. The van der Waals surface area contributed by atoms with Crippen LogP contribution in [-0.2, 0) is 5.41 Å². The van der Waals surface area contributed by atoms with E-state index in [-0.39, 0.29) is 5.41 Å². The van der Waals surface area contributed by atoms with Crippen molar-refractivity contribution in [3.05, 3.63) is 11.9 Å². The van der Waals surface area contributed by atoms with E-state index in [1.165, 1.54) is 12.8 Å². The molecule has 112 valence electrons. The van der Waals surface area contributed by atoms with Crippen molar-refractivity contribution in [2.24, 2.45) is 11.8 Å². The van der Waals surface area contributed by atoms with Crippen LogP contribution >= 0.6 is 0 Å². The number of nitrogens with two attached hydrogens (primary N) is 1. The highest BCUT2D eigenvalue weighted by Gasteiger charge is 2.25. The van der Waals surface area contributed by atoms with Gasteiger partial charge in [0, 0.05) is 18.5 Å². The monoisotopic (exact) mass is 276 g/mol. The Morgan fingerprint density at radius 1 is 1.25 bits per heavy atom. The predicted octanol–water partition coefficient (Wildman–Crippen LogP) is 3.23. The number of anilines is 2. The minimum absolute atomic E-state index is 0.0436. The molecular formula is C16H28N4. The van der Waals surface area contributed by atoms with E-state index in [0.717, 1.165) is 36.6 Å². The normalized spacial score (nSPS) is 17.8. The third-order valence-electron chi connectivity index (χ3n) is 4.28. The van der Waals surface area contributed by atoms with Gasteiger partial charge in [0.1, 0.15) is 0 Å². The molecule has 0 unspecified atom stereocenters. The Bertz CT molecular complexity index is 454. The summed E-state index contributed by atoms with van der Waals surface area (Å²) in [5, 5.41) is 0. The minimum atomic E-state index is -0.0436. The second-order valence-corrected chi connectivity index (χ2v) is 7.29. The first kappa shape index (κ1) is 15.1. The van der Waals surface area contributed by atoms with Crippen molar-refractivity contribution < 1.29 is 0 Å². The Balaban J connectivity index is 2.15. The lowest BCUT2D eigenvalue weighted by molar-refractivity contribution is 0.309. The third-order valence-corrected chi connectivity index (χ3v) is 4.28. The van der Waals surface area contributed by atoms with E-state index in [1.54, 1.807) is 6.20 Å². The second kappa shape index (κ2) is 5.58. The van der Waals surface area contributed by atoms with E-state index in [9.17, 15) is 0 Å². The highest BCUT2D eigenvalue weighted by Crippen LogP contribution is 2.29. The van der Waals surface area contributed by atoms with Crippen molar-refractivity contribution >= 4 is 11.6 Å². The first-order valence-corrected chi connectivity index (χ1v) is 7.67. The van der Waals surface area contributed by atoms with Crippen molar-refractivity contribution in [2.45, 2.75) is 52.9 Å². The van der Waals surface area contributed by atoms with E-state index >= 15 is 0 Å². The highest BCUT2D eigenvalue weighted by atomic mass is 15.3. The largest absolute Gasteiger partial charge is 0.396 e. The van der Waals surface area contributed by atoms with Gasteiger partial charge in [-0.15, -0.1) is 0 Å². The molecular weight excluding hydrogens is 248 g/mol. The van der Waals surface area contributed by atoms with Crippen molar-refractivity contribution in [3.63, 3.8) is 0 Å². The van der Waals surface area contributed by atoms with Gasteiger partial charge >= 0.3 is 0 Å². The third kappa shape index (κ3) is 3.22. The molecule has 0 radical (unpaired) electrons. The van der Waals surface area contributed by atoms with E-state index in [0.29, 0.717) is 5.69 Å². The Morgan fingerprint density at radius 3 is 2.35 bits per heavy atom. The quantitative estimate of drug-likeness (QED) is 0.901. The lowest BCUT2D eigenvalue weighted by Crippen LogP contribution is -2.36. The zero-order valence-corrected chi connectivity index (χ0v) is 13.5. The number of hydrogen-bond acceptors (Lipinski definition) is 4. The first-order chi connectivity index (χ1) is 9.29. The fourth-order valence-electron chi connectivity index (χ4n) is 2.90. The predicted molar refractivity (Wildman–Crippen MR) is 84.9 cm³/mol. The van der Waals surface area contributed by atoms with E-state index in [1.807, 2.05) is 0 Å². The minimum Gasteiger partial charge on any atom is -0.396 e. The first-order valence-electron chi connectivity index (χ1n) is 7.67. The number of aromatic nitrogens is 2. The number of hydrogen-bond donors (Lipinski definition) is 1. The Hall–Kier alpha value is -1.32. The van der Waals surface area contributed by atoms with Gasteiger partial charge in [-0.2, -0.15) is 0 Å². The molecule has 1 aliphatic rings. The van der Waals surface area contributed by atoms with Gasteiger partial charge in [-0.3, -0.25) is 0 Å². The number of nitrogens with zero attached hydrogens (tertiary/aromatic N) is 3. The zero-order chi connectivity index (χ0) is 14.9. The molecule has 0 amide bonds. The molecule has 0 bridgehead atoms. The van der Waals surface area contributed by atoms with Crippen LogP contribution in [-0.4, -0.2) is 23.1 Å². The molecule has 0 spiro atoms. The number of nitrogen functional groups attached to an aromatic ring is 1. The van der Waals surface area contributed by atoms with Crippen LogP contribution in [0.3, 0.4) is 0 Å². The summed E-state index contributed by atoms with van der Waals surface area (Å²) in [5.41, 5.74) is 7.62. The average Bonchev–Trinajstić information content (AvgIpc) is 2.38. The fourth-order valence-corrected chi connectivity index (χ4v) is 2.90. The lowest BCUT2D eigenvalue weighted by Gasteiger charge is -2.34. The lowest BCUT2D eigenvalue weighted by atomic mass is 9.87. The van der Waals surface area contributed by atoms with Gasteiger partial charge < -0.3 is 10.6 Å². The molecule has 1 fully saturated rings. The van der Waals surface area contributed by atoms with Gasteiger partial charge in [0.15, 0.2) is 0 Å². The van der Waals surface area contributed by atoms with Crippen LogP contribution in [0.15, 0.2) is 6.20 Å². The SMILES string of the molecule is CC(C)C1CCN(c2ncc(N)c(C(C)(C)C)n2)CC1.